The van der Waals surface area contributed by atoms with Crippen molar-refractivity contribution in [2.75, 3.05) is 0 Å². The van der Waals surface area contributed by atoms with Crippen LogP contribution in [0.2, 0.25) is 0 Å². The van der Waals surface area contributed by atoms with Crippen molar-refractivity contribution in [1.29, 1.82) is 0 Å². The van der Waals surface area contributed by atoms with Gasteiger partial charge in [-0.2, -0.15) is 0 Å². The van der Waals surface area contributed by atoms with Crippen LogP contribution in [-0.2, 0) is 0 Å². The number of benzene rings is 8. The van der Waals surface area contributed by atoms with E-state index in [2.05, 4.69) is 148 Å². The second-order valence-electron chi connectivity index (χ2n) is 14.7. The van der Waals surface area contributed by atoms with Crippen molar-refractivity contribution in [2.45, 2.75) is 0 Å². The van der Waals surface area contributed by atoms with Gasteiger partial charge < -0.3 is 8.97 Å². The van der Waals surface area contributed by atoms with Gasteiger partial charge in [-0.3, -0.25) is 0 Å². The standard InChI is InChI=1S/C51H29N5S/c1-3-14-30(15-4-1)49-52-50(31-16-5-2-6-17-31)54-51(53-49)38-27-29-42(45-37-20-9-12-25-43(37)57-48(38)45)55-40-24-11-8-19-36(40)44-41(55)28-26-35-34-22-13-21-33-32-18-7-10-23-39(32)56(46(33)34)47(35)44/h1-29H. The largest absolute Gasteiger partial charge is 0.308 e. The number of hydrogen-bond acceptors (Lipinski definition) is 4. The zero-order valence-corrected chi connectivity index (χ0v) is 31.2. The van der Waals surface area contributed by atoms with E-state index in [1.807, 2.05) is 36.4 Å². The Kier molecular flexibility index (Phi) is 6.26. The summed E-state index contributed by atoms with van der Waals surface area (Å²) < 4.78 is 7.37. The highest BCUT2D eigenvalue weighted by atomic mass is 32.1. The molecule has 0 aliphatic rings. The molecule has 0 aliphatic heterocycles. The first-order chi connectivity index (χ1) is 28.3. The molecular weight excluding hydrogens is 715 g/mol. The molecule has 6 heteroatoms. The minimum Gasteiger partial charge on any atom is -0.308 e. The number of fused-ring (bicyclic) bond motifs is 13. The van der Waals surface area contributed by atoms with Gasteiger partial charge >= 0.3 is 0 Å². The lowest BCUT2D eigenvalue weighted by Gasteiger charge is -2.13. The van der Waals surface area contributed by atoms with Crippen LogP contribution in [0, 0.1) is 0 Å². The molecule has 264 valence electrons. The maximum atomic E-state index is 5.18. The first-order valence-electron chi connectivity index (χ1n) is 19.2. The van der Waals surface area contributed by atoms with Crippen LogP contribution < -0.4 is 0 Å². The molecule has 13 aromatic rings. The maximum absolute atomic E-state index is 5.18. The number of nitrogens with zero attached hydrogens (tertiary/aromatic N) is 5. The quantitative estimate of drug-likeness (QED) is 0.180. The number of thiophene rings is 1. The normalized spacial score (nSPS) is 12.2. The number of rotatable bonds is 4. The predicted molar refractivity (Wildman–Crippen MR) is 238 cm³/mol. The molecule has 5 heterocycles. The molecule has 0 spiro atoms. The number of hydrogen-bond donors (Lipinski definition) is 0. The fourth-order valence-corrected chi connectivity index (χ4v) is 10.6. The SMILES string of the molecule is c1ccc(-c2nc(-c3ccccc3)nc(-c3ccc(-n4c5ccccc5c5c4ccc4c6cccc7c8ccccc8n(c76)c45)c4c3sc3ccccc34)n2)cc1. The van der Waals surface area contributed by atoms with Gasteiger partial charge in [0.1, 0.15) is 0 Å². The maximum Gasteiger partial charge on any atom is 0.165 e. The lowest BCUT2D eigenvalue weighted by molar-refractivity contribution is 1.08. The number of aromatic nitrogens is 5. The van der Waals surface area contributed by atoms with Crippen LogP contribution in [0.1, 0.15) is 0 Å². The molecule has 57 heavy (non-hydrogen) atoms. The second-order valence-corrected chi connectivity index (χ2v) is 15.8. The fourth-order valence-electron chi connectivity index (χ4n) is 9.32. The van der Waals surface area contributed by atoms with Crippen LogP contribution in [-0.4, -0.2) is 23.9 Å². The average Bonchev–Trinajstić information content (AvgIpc) is 4.03. The third kappa shape index (κ3) is 4.25. The third-order valence-corrected chi connectivity index (χ3v) is 12.9. The molecule has 0 amide bonds. The van der Waals surface area contributed by atoms with E-state index in [1.165, 1.54) is 75.4 Å². The van der Waals surface area contributed by atoms with E-state index in [1.54, 1.807) is 11.3 Å². The van der Waals surface area contributed by atoms with E-state index in [0.29, 0.717) is 17.5 Å². The topological polar surface area (TPSA) is 48.0 Å². The molecule has 13 rings (SSSR count). The summed E-state index contributed by atoms with van der Waals surface area (Å²) in [5.41, 5.74) is 10.2. The summed E-state index contributed by atoms with van der Waals surface area (Å²) >= 11 is 1.80. The van der Waals surface area contributed by atoms with Crippen LogP contribution in [0.25, 0.3) is 120 Å². The van der Waals surface area contributed by atoms with E-state index < -0.39 is 0 Å². The van der Waals surface area contributed by atoms with Crippen LogP contribution in [0.3, 0.4) is 0 Å². The van der Waals surface area contributed by atoms with Crippen LogP contribution >= 0.6 is 11.3 Å². The summed E-state index contributed by atoms with van der Waals surface area (Å²) in [6.45, 7) is 0. The molecule has 0 saturated carbocycles. The van der Waals surface area contributed by atoms with E-state index in [9.17, 15) is 0 Å². The van der Waals surface area contributed by atoms with E-state index in [4.69, 9.17) is 15.0 Å². The van der Waals surface area contributed by atoms with E-state index in [-0.39, 0.29) is 0 Å². The first kappa shape index (κ1) is 30.9. The van der Waals surface area contributed by atoms with Crippen molar-refractivity contribution in [3.05, 3.63) is 176 Å². The van der Waals surface area contributed by atoms with Gasteiger partial charge in [-0.1, -0.05) is 140 Å². The summed E-state index contributed by atoms with van der Waals surface area (Å²) in [5, 5.41) is 10.0. The third-order valence-electron chi connectivity index (χ3n) is 11.7. The molecule has 0 bridgehead atoms. The molecule has 0 fully saturated rings. The summed E-state index contributed by atoms with van der Waals surface area (Å²) in [6, 6.07) is 62.8. The zero-order chi connectivity index (χ0) is 37.2. The molecule has 5 nitrogen and oxygen atoms in total. The Morgan fingerprint density at radius 3 is 1.70 bits per heavy atom. The molecule has 0 radical (unpaired) electrons. The molecule has 8 aromatic carbocycles. The lowest BCUT2D eigenvalue weighted by Crippen LogP contribution is -2.01. The van der Waals surface area contributed by atoms with Crippen molar-refractivity contribution in [2.24, 2.45) is 0 Å². The fraction of sp³-hybridized carbons (Fsp3) is 0. The second kappa shape index (κ2) is 11.6. The number of para-hydroxylation sites is 3. The Morgan fingerprint density at radius 2 is 0.947 bits per heavy atom. The predicted octanol–water partition coefficient (Wildman–Crippen LogP) is 13.5. The molecule has 0 aliphatic carbocycles. The van der Waals surface area contributed by atoms with Crippen molar-refractivity contribution >= 4 is 91.4 Å². The summed E-state index contributed by atoms with van der Waals surface area (Å²) in [5.74, 6) is 1.97. The smallest absolute Gasteiger partial charge is 0.165 e. The highest BCUT2D eigenvalue weighted by molar-refractivity contribution is 7.26. The molecule has 0 N–H and O–H groups in total. The van der Waals surface area contributed by atoms with Crippen molar-refractivity contribution < 1.29 is 0 Å². The minimum absolute atomic E-state index is 0.654. The van der Waals surface area contributed by atoms with Gasteiger partial charge in [-0.15, -0.1) is 11.3 Å². The average molecular weight is 744 g/mol. The van der Waals surface area contributed by atoms with Crippen LogP contribution in [0.5, 0.6) is 0 Å². The van der Waals surface area contributed by atoms with Crippen molar-refractivity contribution in [3.63, 3.8) is 0 Å². The zero-order valence-electron chi connectivity index (χ0n) is 30.4. The molecule has 5 aromatic heterocycles. The molecule has 0 atom stereocenters. The van der Waals surface area contributed by atoms with Gasteiger partial charge in [-0.25, -0.2) is 15.0 Å². The monoisotopic (exact) mass is 743 g/mol. The van der Waals surface area contributed by atoms with Gasteiger partial charge in [-0.05, 0) is 36.4 Å². The first-order valence-corrected chi connectivity index (χ1v) is 20.0. The molecule has 0 saturated heterocycles. The summed E-state index contributed by atoms with van der Waals surface area (Å²) in [6.07, 6.45) is 0. The van der Waals surface area contributed by atoms with E-state index in [0.717, 1.165) is 27.1 Å². The Hall–Kier alpha value is -7.41. The Morgan fingerprint density at radius 1 is 0.368 bits per heavy atom. The highest BCUT2D eigenvalue weighted by Crippen LogP contribution is 2.48. The Labute approximate surface area is 329 Å². The van der Waals surface area contributed by atoms with E-state index >= 15 is 0 Å². The van der Waals surface area contributed by atoms with Crippen molar-refractivity contribution in [3.8, 4) is 39.9 Å². The van der Waals surface area contributed by atoms with Gasteiger partial charge in [0, 0.05) is 69.2 Å². The van der Waals surface area contributed by atoms with Gasteiger partial charge in [0.05, 0.1) is 33.3 Å². The summed E-state index contributed by atoms with van der Waals surface area (Å²) in [7, 11) is 0. The Bertz CT molecular complexity index is 3690. The van der Waals surface area contributed by atoms with Gasteiger partial charge in [0.2, 0.25) is 0 Å². The van der Waals surface area contributed by atoms with Crippen molar-refractivity contribution in [1.82, 2.24) is 23.9 Å². The molecular formula is C51H29N5S. The summed E-state index contributed by atoms with van der Waals surface area (Å²) in [4.78, 5) is 15.4. The van der Waals surface area contributed by atoms with Gasteiger partial charge in [0.25, 0.3) is 0 Å². The Balaban J connectivity index is 1.14. The minimum atomic E-state index is 0.654. The van der Waals surface area contributed by atoms with Crippen LogP contribution in [0.4, 0.5) is 0 Å². The van der Waals surface area contributed by atoms with Crippen LogP contribution in [0.15, 0.2) is 176 Å². The highest BCUT2D eigenvalue weighted by Gasteiger charge is 2.25. The lowest BCUT2D eigenvalue weighted by atomic mass is 10.0. The van der Waals surface area contributed by atoms with Gasteiger partial charge in [0.15, 0.2) is 17.5 Å². The molecule has 0 unspecified atom stereocenters.